The number of hydrogen-bond donors (Lipinski definition) is 6. The minimum absolute atomic E-state index is 0.119. The zero-order valence-electron chi connectivity index (χ0n) is 21.2. The first kappa shape index (κ1) is 34.9. The summed E-state index contributed by atoms with van der Waals surface area (Å²) in [5.74, 6) is -0.921. The number of carbonyl (C=O) groups is 3. The Balaban J connectivity index is 0. The maximum atomic E-state index is 12.1. The van der Waals surface area contributed by atoms with Gasteiger partial charge in [0.25, 0.3) is 0 Å². The van der Waals surface area contributed by atoms with Gasteiger partial charge in [-0.3, -0.25) is 14.6 Å². The van der Waals surface area contributed by atoms with E-state index in [2.05, 4.69) is 20.9 Å². The molecule has 0 spiro atoms. The fourth-order valence-corrected chi connectivity index (χ4v) is 4.11. The summed E-state index contributed by atoms with van der Waals surface area (Å²) in [4.78, 5) is 33.9. The highest BCUT2D eigenvalue weighted by Gasteiger charge is 2.21. The zero-order chi connectivity index (χ0) is 27.8. The molecule has 0 fully saturated rings. The SMILES string of the molecule is CCCN(CC)S(=O)(=O)c1ccccc1.CNCC(NC=O)C(=O)O.NC(N)=NCCCCNC=O. The monoisotopic (exact) mass is 531 g/mol. The van der Waals surface area contributed by atoms with Gasteiger partial charge in [0.15, 0.2) is 5.96 Å². The van der Waals surface area contributed by atoms with Crippen molar-refractivity contribution in [1.29, 1.82) is 0 Å². The van der Waals surface area contributed by atoms with Crippen LogP contribution < -0.4 is 27.4 Å². The molecule has 14 heteroatoms. The summed E-state index contributed by atoms with van der Waals surface area (Å²) in [5, 5.41) is 15.7. The second-order valence-electron chi connectivity index (χ2n) is 7.13. The normalized spacial score (nSPS) is 11.0. The number of nitrogens with zero attached hydrogens (tertiary/aromatic N) is 2. The van der Waals surface area contributed by atoms with Crippen molar-refractivity contribution in [2.24, 2.45) is 16.5 Å². The molecule has 0 saturated carbocycles. The van der Waals surface area contributed by atoms with Crippen molar-refractivity contribution >= 4 is 34.8 Å². The molecular formula is C22H41N7O6S. The number of likely N-dealkylation sites (N-methyl/N-ethyl adjacent to an activating group) is 1. The van der Waals surface area contributed by atoms with Crippen molar-refractivity contribution in [3.8, 4) is 0 Å². The van der Waals surface area contributed by atoms with Crippen molar-refractivity contribution < 1.29 is 27.9 Å². The molecule has 206 valence electrons. The number of hydrogen-bond acceptors (Lipinski definition) is 7. The van der Waals surface area contributed by atoms with Crippen LogP contribution in [0.3, 0.4) is 0 Å². The summed E-state index contributed by atoms with van der Waals surface area (Å²) in [6.45, 7) is 6.47. The number of aliphatic imine (C=N–C) groups is 1. The summed E-state index contributed by atoms with van der Waals surface area (Å²) in [6, 6.07) is 7.73. The van der Waals surface area contributed by atoms with Crippen LogP contribution >= 0.6 is 0 Å². The molecule has 0 radical (unpaired) electrons. The smallest absolute Gasteiger partial charge is 0.327 e. The maximum absolute atomic E-state index is 12.1. The average Bonchev–Trinajstić information content (AvgIpc) is 2.85. The molecule has 36 heavy (non-hydrogen) atoms. The molecule has 1 aromatic rings. The number of sulfonamides is 1. The van der Waals surface area contributed by atoms with E-state index in [1.54, 1.807) is 31.3 Å². The number of rotatable bonds is 16. The zero-order valence-corrected chi connectivity index (χ0v) is 22.0. The average molecular weight is 532 g/mol. The van der Waals surface area contributed by atoms with Gasteiger partial charge in [-0.15, -0.1) is 0 Å². The van der Waals surface area contributed by atoms with Gasteiger partial charge >= 0.3 is 5.97 Å². The number of unbranched alkanes of at least 4 members (excludes halogenated alkanes) is 1. The Morgan fingerprint density at radius 2 is 1.78 bits per heavy atom. The van der Waals surface area contributed by atoms with E-state index in [0.717, 1.165) is 19.3 Å². The predicted octanol–water partition coefficient (Wildman–Crippen LogP) is -0.702. The number of amides is 2. The number of aliphatic carboxylic acids is 1. The Hall–Kier alpha value is -3.23. The quantitative estimate of drug-likeness (QED) is 0.0688. The van der Waals surface area contributed by atoms with Crippen LogP contribution in [0.4, 0.5) is 0 Å². The highest BCUT2D eigenvalue weighted by Crippen LogP contribution is 2.14. The van der Waals surface area contributed by atoms with Crippen LogP contribution in [-0.4, -0.2) is 88.4 Å². The highest BCUT2D eigenvalue weighted by molar-refractivity contribution is 7.89. The van der Waals surface area contributed by atoms with Gasteiger partial charge < -0.3 is 32.5 Å². The van der Waals surface area contributed by atoms with Crippen LogP contribution in [0.15, 0.2) is 40.2 Å². The van der Waals surface area contributed by atoms with E-state index in [4.69, 9.17) is 16.6 Å². The first-order chi connectivity index (χ1) is 17.1. The number of benzene rings is 1. The van der Waals surface area contributed by atoms with E-state index < -0.39 is 22.0 Å². The van der Waals surface area contributed by atoms with Gasteiger partial charge in [0.2, 0.25) is 22.8 Å². The molecule has 8 N–H and O–H groups in total. The van der Waals surface area contributed by atoms with E-state index in [0.29, 0.717) is 43.9 Å². The van der Waals surface area contributed by atoms with Crippen molar-refractivity contribution in [3.05, 3.63) is 30.3 Å². The van der Waals surface area contributed by atoms with Crippen molar-refractivity contribution in [1.82, 2.24) is 20.3 Å². The third-order valence-corrected chi connectivity index (χ3v) is 6.28. The number of nitrogens with one attached hydrogen (secondary N) is 3. The Kier molecular flexibility index (Phi) is 21.6. The van der Waals surface area contributed by atoms with E-state index in [1.807, 2.05) is 19.9 Å². The molecular weight excluding hydrogens is 490 g/mol. The molecule has 0 aliphatic rings. The van der Waals surface area contributed by atoms with Crippen molar-refractivity contribution in [3.63, 3.8) is 0 Å². The second kappa shape index (κ2) is 22.2. The highest BCUT2D eigenvalue weighted by atomic mass is 32.2. The summed E-state index contributed by atoms with van der Waals surface area (Å²) in [6.07, 6.45) is 3.67. The molecule has 1 atom stereocenters. The van der Waals surface area contributed by atoms with Crippen LogP contribution in [-0.2, 0) is 24.4 Å². The summed E-state index contributed by atoms with van der Waals surface area (Å²) in [7, 11) is -1.67. The number of carboxylic acid groups (broad SMARTS) is 1. The standard InChI is InChI=1S/C11H17NO2S.C6H14N4O.C5H10N2O3/c1-3-10-12(4-2)15(13,14)11-8-6-5-7-9-11;7-6(8)10-4-2-1-3-9-5-11;1-6-2-4(5(9)10)7-3-8/h5-9H,3-4,10H2,1-2H3;5H,1-4H2,(H,9,11)(H4,7,8,10);3-4,6H,2H2,1H3,(H,7,8)(H,9,10). The third-order valence-electron chi connectivity index (χ3n) is 4.29. The minimum atomic E-state index is -3.28. The lowest BCUT2D eigenvalue weighted by Crippen LogP contribution is -2.42. The summed E-state index contributed by atoms with van der Waals surface area (Å²) < 4.78 is 25.7. The fraction of sp³-hybridized carbons (Fsp3) is 0.545. The Morgan fingerprint density at radius 3 is 2.22 bits per heavy atom. The minimum Gasteiger partial charge on any atom is -0.480 e. The number of carboxylic acids is 1. The molecule has 0 bridgehead atoms. The predicted molar refractivity (Wildman–Crippen MR) is 140 cm³/mol. The third kappa shape index (κ3) is 17.2. The van der Waals surface area contributed by atoms with Crippen LogP contribution in [0.5, 0.6) is 0 Å². The lowest BCUT2D eigenvalue weighted by Gasteiger charge is -2.19. The first-order valence-corrected chi connectivity index (χ1v) is 12.9. The molecule has 2 amide bonds. The molecule has 1 aromatic carbocycles. The Bertz CT molecular complexity index is 850. The second-order valence-corrected chi connectivity index (χ2v) is 9.07. The first-order valence-electron chi connectivity index (χ1n) is 11.5. The molecule has 0 aliphatic carbocycles. The fourth-order valence-electron chi connectivity index (χ4n) is 2.55. The van der Waals surface area contributed by atoms with Crippen LogP contribution in [0.25, 0.3) is 0 Å². The molecule has 1 rings (SSSR count). The Morgan fingerprint density at radius 1 is 1.14 bits per heavy atom. The molecule has 0 saturated heterocycles. The van der Waals surface area contributed by atoms with E-state index in [9.17, 15) is 22.8 Å². The summed E-state index contributed by atoms with van der Waals surface area (Å²) in [5.41, 5.74) is 10.2. The lowest BCUT2D eigenvalue weighted by molar-refractivity contribution is -0.140. The summed E-state index contributed by atoms with van der Waals surface area (Å²) >= 11 is 0. The van der Waals surface area contributed by atoms with Gasteiger partial charge in [0, 0.05) is 32.7 Å². The van der Waals surface area contributed by atoms with Crippen LogP contribution in [0, 0.1) is 0 Å². The van der Waals surface area contributed by atoms with Crippen LogP contribution in [0.1, 0.15) is 33.1 Å². The van der Waals surface area contributed by atoms with Crippen molar-refractivity contribution in [2.45, 2.75) is 44.0 Å². The van der Waals surface area contributed by atoms with Gasteiger partial charge in [0.1, 0.15) is 6.04 Å². The van der Waals surface area contributed by atoms with Gasteiger partial charge in [-0.25, -0.2) is 13.2 Å². The van der Waals surface area contributed by atoms with Crippen molar-refractivity contribution in [2.75, 3.05) is 39.8 Å². The van der Waals surface area contributed by atoms with E-state index in [1.165, 1.54) is 4.31 Å². The number of guanidine groups is 1. The van der Waals surface area contributed by atoms with E-state index >= 15 is 0 Å². The maximum Gasteiger partial charge on any atom is 0.327 e. The molecule has 0 aliphatic heterocycles. The largest absolute Gasteiger partial charge is 0.480 e. The van der Waals surface area contributed by atoms with E-state index in [-0.39, 0.29) is 12.5 Å². The topological polar surface area (TPSA) is 209 Å². The van der Waals surface area contributed by atoms with Gasteiger partial charge in [0.05, 0.1) is 4.90 Å². The Labute approximate surface area is 213 Å². The number of nitrogens with two attached hydrogens (primary N) is 2. The molecule has 13 nitrogen and oxygen atoms in total. The lowest BCUT2D eigenvalue weighted by atomic mass is 10.3. The molecule has 0 aromatic heterocycles. The van der Waals surface area contributed by atoms with Crippen LogP contribution in [0.2, 0.25) is 0 Å². The van der Waals surface area contributed by atoms with Gasteiger partial charge in [-0.05, 0) is 38.4 Å². The van der Waals surface area contributed by atoms with Gasteiger partial charge in [-0.2, -0.15) is 4.31 Å². The molecule has 0 heterocycles. The number of carbonyl (C=O) groups excluding carboxylic acids is 2. The van der Waals surface area contributed by atoms with Gasteiger partial charge in [-0.1, -0.05) is 32.0 Å². The molecule has 1 unspecified atom stereocenters.